The molecular formula is C10H9BrN2O2S. The molecule has 16 heavy (non-hydrogen) atoms. The third kappa shape index (κ3) is 2.03. The molecule has 0 saturated carbocycles. The van der Waals surface area contributed by atoms with E-state index in [1.165, 1.54) is 12.4 Å². The number of benzene rings is 1. The van der Waals surface area contributed by atoms with E-state index in [4.69, 9.17) is 0 Å². The fraction of sp³-hybridized carbons (Fsp3) is 0.100. The Kier molecular flexibility index (Phi) is 2.86. The third-order valence-electron chi connectivity index (χ3n) is 2.09. The molecule has 0 fully saturated rings. The van der Waals surface area contributed by atoms with Gasteiger partial charge in [0, 0.05) is 0 Å². The van der Waals surface area contributed by atoms with Crippen LogP contribution in [0, 0.1) is 6.92 Å². The van der Waals surface area contributed by atoms with Crippen molar-refractivity contribution >= 4 is 26.0 Å². The molecule has 0 saturated heterocycles. The molecule has 0 unspecified atom stereocenters. The van der Waals surface area contributed by atoms with E-state index in [-0.39, 0.29) is 4.90 Å². The highest BCUT2D eigenvalue weighted by Crippen LogP contribution is 2.16. The van der Waals surface area contributed by atoms with E-state index in [2.05, 4.69) is 21.0 Å². The zero-order chi connectivity index (χ0) is 11.8. The number of hydrogen-bond donors (Lipinski definition) is 0. The molecule has 2 aromatic rings. The summed E-state index contributed by atoms with van der Waals surface area (Å²) in [5.74, 6) is 0. The zero-order valence-corrected chi connectivity index (χ0v) is 10.9. The summed E-state index contributed by atoms with van der Waals surface area (Å²) >= 11 is 3.16. The molecule has 1 aromatic heterocycles. The second-order valence-electron chi connectivity index (χ2n) is 3.35. The topological polar surface area (TPSA) is 52.0 Å². The van der Waals surface area contributed by atoms with Gasteiger partial charge < -0.3 is 0 Å². The highest BCUT2D eigenvalue weighted by Gasteiger charge is 2.17. The molecule has 84 valence electrons. The zero-order valence-electron chi connectivity index (χ0n) is 8.46. The summed E-state index contributed by atoms with van der Waals surface area (Å²) in [6.45, 7) is 1.90. The number of aromatic nitrogens is 2. The van der Waals surface area contributed by atoms with Gasteiger partial charge in [-0.05, 0) is 35.0 Å². The second-order valence-corrected chi connectivity index (χ2v) is 6.06. The number of aryl methyl sites for hydroxylation is 1. The monoisotopic (exact) mass is 300 g/mol. The van der Waals surface area contributed by atoms with Crippen LogP contribution in [0.2, 0.25) is 0 Å². The quantitative estimate of drug-likeness (QED) is 0.854. The van der Waals surface area contributed by atoms with Gasteiger partial charge in [-0.1, -0.05) is 17.7 Å². The van der Waals surface area contributed by atoms with Crippen molar-refractivity contribution in [2.45, 2.75) is 11.8 Å². The summed E-state index contributed by atoms with van der Waals surface area (Å²) in [4.78, 5) is 0.230. The molecule has 4 nitrogen and oxygen atoms in total. The van der Waals surface area contributed by atoms with Crippen LogP contribution in [0.5, 0.6) is 0 Å². The lowest BCUT2D eigenvalue weighted by Gasteiger charge is -2.03. The van der Waals surface area contributed by atoms with Gasteiger partial charge in [-0.15, -0.1) is 0 Å². The summed E-state index contributed by atoms with van der Waals surface area (Å²) in [5.41, 5.74) is 1.01. The first-order chi connectivity index (χ1) is 7.50. The van der Waals surface area contributed by atoms with Crippen LogP contribution < -0.4 is 0 Å². The second kappa shape index (κ2) is 4.03. The van der Waals surface area contributed by atoms with Gasteiger partial charge in [0.05, 0.1) is 21.8 Å². The fourth-order valence-corrected chi connectivity index (χ4v) is 2.77. The van der Waals surface area contributed by atoms with Crippen molar-refractivity contribution in [2.24, 2.45) is 0 Å². The summed E-state index contributed by atoms with van der Waals surface area (Å²) < 4.78 is 25.7. The normalized spacial score (nSPS) is 11.6. The van der Waals surface area contributed by atoms with Crippen molar-refractivity contribution in [2.75, 3.05) is 0 Å². The van der Waals surface area contributed by atoms with E-state index >= 15 is 0 Å². The van der Waals surface area contributed by atoms with Crippen molar-refractivity contribution in [1.29, 1.82) is 0 Å². The summed E-state index contributed by atoms with van der Waals surface area (Å²) in [6, 6.07) is 6.65. The van der Waals surface area contributed by atoms with Gasteiger partial charge in [0.2, 0.25) is 0 Å². The summed E-state index contributed by atoms with van der Waals surface area (Å²) in [7, 11) is -3.56. The first kappa shape index (κ1) is 11.3. The molecule has 0 spiro atoms. The van der Waals surface area contributed by atoms with Crippen LogP contribution in [0.4, 0.5) is 0 Å². The Hall–Kier alpha value is -1.14. The lowest BCUT2D eigenvalue weighted by molar-refractivity contribution is 0.580. The predicted molar refractivity (Wildman–Crippen MR) is 63.7 cm³/mol. The first-order valence-corrected chi connectivity index (χ1v) is 6.76. The van der Waals surface area contributed by atoms with Crippen LogP contribution in [0.3, 0.4) is 0 Å². The van der Waals surface area contributed by atoms with Gasteiger partial charge in [-0.2, -0.15) is 17.6 Å². The molecule has 0 atom stereocenters. The van der Waals surface area contributed by atoms with Crippen LogP contribution >= 0.6 is 15.9 Å². The highest BCUT2D eigenvalue weighted by atomic mass is 79.9. The van der Waals surface area contributed by atoms with Gasteiger partial charge in [0.15, 0.2) is 0 Å². The molecule has 0 radical (unpaired) electrons. The Morgan fingerprint density at radius 3 is 2.38 bits per heavy atom. The maximum absolute atomic E-state index is 12.0. The minimum Gasteiger partial charge on any atom is -0.199 e. The lowest BCUT2D eigenvalue weighted by Crippen LogP contribution is -2.13. The van der Waals surface area contributed by atoms with Gasteiger partial charge in [-0.3, -0.25) is 0 Å². The van der Waals surface area contributed by atoms with Crippen molar-refractivity contribution in [1.82, 2.24) is 9.19 Å². The number of rotatable bonds is 2. The molecule has 0 N–H and O–H groups in total. The molecule has 1 heterocycles. The maximum Gasteiger partial charge on any atom is 0.282 e. The van der Waals surface area contributed by atoms with E-state index < -0.39 is 10.0 Å². The highest BCUT2D eigenvalue weighted by molar-refractivity contribution is 9.10. The Morgan fingerprint density at radius 2 is 1.88 bits per heavy atom. The van der Waals surface area contributed by atoms with Crippen LogP contribution in [0.1, 0.15) is 5.56 Å². The van der Waals surface area contributed by atoms with E-state index in [0.717, 1.165) is 9.65 Å². The standard InChI is InChI=1S/C10H9BrN2O2S/c1-8-2-4-10(5-3-8)16(14,15)13-7-9(11)6-12-13/h2-7H,1H3. The number of nitrogens with zero attached hydrogens (tertiary/aromatic N) is 2. The average Bonchev–Trinajstić information content (AvgIpc) is 2.66. The van der Waals surface area contributed by atoms with Crippen molar-refractivity contribution in [3.8, 4) is 0 Å². The fourth-order valence-electron chi connectivity index (χ4n) is 1.23. The van der Waals surface area contributed by atoms with E-state index in [0.29, 0.717) is 4.47 Å². The summed E-state index contributed by atoms with van der Waals surface area (Å²) in [6.07, 6.45) is 2.85. The average molecular weight is 301 g/mol. The Morgan fingerprint density at radius 1 is 1.25 bits per heavy atom. The first-order valence-electron chi connectivity index (χ1n) is 4.52. The molecule has 0 aliphatic heterocycles. The molecule has 1 aromatic carbocycles. The molecule has 0 amide bonds. The molecule has 0 aliphatic rings. The molecular weight excluding hydrogens is 292 g/mol. The molecule has 0 bridgehead atoms. The minimum atomic E-state index is -3.56. The van der Waals surface area contributed by atoms with Crippen molar-refractivity contribution < 1.29 is 8.42 Å². The Bertz CT molecular complexity index is 602. The lowest BCUT2D eigenvalue weighted by atomic mass is 10.2. The number of halogens is 1. The van der Waals surface area contributed by atoms with Gasteiger partial charge >= 0.3 is 0 Å². The molecule has 0 aliphatic carbocycles. The van der Waals surface area contributed by atoms with Gasteiger partial charge in [0.25, 0.3) is 10.0 Å². The van der Waals surface area contributed by atoms with Gasteiger partial charge in [-0.25, -0.2) is 0 Å². The van der Waals surface area contributed by atoms with Crippen molar-refractivity contribution in [3.63, 3.8) is 0 Å². The van der Waals surface area contributed by atoms with Crippen LogP contribution in [0.25, 0.3) is 0 Å². The maximum atomic E-state index is 12.0. The number of hydrogen-bond acceptors (Lipinski definition) is 3. The predicted octanol–water partition coefficient (Wildman–Crippen LogP) is 2.19. The Balaban J connectivity index is 2.51. The van der Waals surface area contributed by atoms with Gasteiger partial charge in [0.1, 0.15) is 0 Å². The van der Waals surface area contributed by atoms with E-state index in [1.807, 2.05) is 6.92 Å². The van der Waals surface area contributed by atoms with E-state index in [9.17, 15) is 8.42 Å². The largest absolute Gasteiger partial charge is 0.282 e. The third-order valence-corrected chi connectivity index (χ3v) is 4.06. The van der Waals surface area contributed by atoms with Crippen LogP contribution in [0.15, 0.2) is 46.0 Å². The van der Waals surface area contributed by atoms with Crippen LogP contribution in [-0.2, 0) is 10.0 Å². The minimum absolute atomic E-state index is 0.230. The SMILES string of the molecule is Cc1ccc(S(=O)(=O)n2cc(Br)cn2)cc1. The van der Waals surface area contributed by atoms with Crippen LogP contribution in [-0.4, -0.2) is 17.6 Å². The Labute approximate surface area is 102 Å². The van der Waals surface area contributed by atoms with E-state index in [1.54, 1.807) is 24.3 Å². The smallest absolute Gasteiger partial charge is 0.199 e. The summed E-state index contributed by atoms with van der Waals surface area (Å²) in [5, 5.41) is 3.77. The van der Waals surface area contributed by atoms with Crippen molar-refractivity contribution in [3.05, 3.63) is 46.7 Å². The molecule has 2 rings (SSSR count). The molecule has 6 heteroatoms.